The molecular weight excluding hydrogens is 271 g/mol. The molecule has 0 nitrogen and oxygen atoms in total. The van der Waals surface area contributed by atoms with E-state index in [4.69, 9.17) is 0 Å². The number of aryl methyl sites for hydroxylation is 1. The Morgan fingerprint density at radius 2 is 1.68 bits per heavy atom. The highest BCUT2D eigenvalue weighted by Crippen LogP contribution is 2.43. The minimum atomic E-state index is 0.0867. The normalized spacial score (nSPS) is 15.5. The summed E-state index contributed by atoms with van der Waals surface area (Å²) in [6.07, 6.45) is 4.64. The minimum Gasteiger partial charge on any atom is -0.211 e. The molecule has 0 saturated carbocycles. The van der Waals surface area contributed by atoms with E-state index in [0.29, 0.717) is 6.42 Å². The second-order valence-electron chi connectivity index (χ2n) is 6.08. The smallest absolute Gasteiger partial charge is 0.105 e. The van der Waals surface area contributed by atoms with E-state index in [-0.39, 0.29) is 11.7 Å². The number of fused-ring (bicyclic) bond motifs is 1. The quantitative estimate of drug-likeness (QED) is 0.608. The van der Waals surface area contributed by atoms with E-state index in [2.05, 4.69) is 49.4 Å². The van der Waals surface area contributed by atoms with Gasteiger partial charge in [-0.2, -0.15) is 0 Å². The van der Waals surface area contributed by atoms with Gasteiger partial charge in [0, 0.05) is 12.3 Å². The van der Waals surface area contributed by atoms with Crippen LogP contribution < -0.4 is 0 Å². The van der Waals surface area contributed by atoms with E-state index in [1.165, 1.54) is 11.1 Å². The molecule has 0 saturated heterocycles. The molecule has 2 aromatic rings. The van der Waals surface area contributed by atoms with Crippen LogP contribution in [0.25, 0.3) is 5.57 Å². The van der Waals surface area contributed by atoms with Crippen LogP contribution in [-0.2, 0) is 6.42 Å². The fourth-order valence-corrected chi connectivity index (χ4v) is 3.47. The number of halogens is 1. The zero-order valence-corrected chi connectivity index (χ0v) is 13.2. The molecule has 0 unspecified atom stereocenters. The van der Waals surface area contributed by atoms with Crippen molar-refractivity contribution in [2.45, 2.75) is 44.9 Å². The van der Waals surface area contributed by atoms with Crippen molar-refractivity contribution in [3.63, 3.8) is 0 Å². The Hall–Kier alpha value is -1.89. The van der Waals surface area contributed by atoms with Crippen molar-refractivity contribution in [1.29, 1.82) is 0 Å². The summed E-state index contributed by atoms with van der Waals surface area (Å²) in [7, 11) is 0. The Morgan fingerprint density at radius 1 is 0.955 bits per heavy atom. The summed E-state index contributed by atoms with van der Waals surface area (Å²) in [6, 6.07) is 18.7. The van der Waals surface area contributed by atoms with Gasteiger partial charge < -0.3 is 0 Å². The molecule has 114 valence electrons. The van der Waals surface area contributed by atoms with Crippen molar-refractivity contribution in [1.82, 2.24) is 0 Å². The van der Waals surface area contributed by atoms with Gasteiger partial charge in [-0.1, -0.05) is 74.4 Å². The van der Waals surface area contributed by atoms with Gasteiger partial charge in [0.1, 0.15) is 5.83 Å². The average molecular weight is 294 g/mol. The van der Waals surface area contributed by atoms with Crippen LogP contribution in [0.1, 0.15) is 55.2 Å². The van der Waals surface area contributed by atoms with E-state index >= 15 is 0 Å². The fourth-order valence-electron chi connectivity index (χ4n) is 3.47. The van der Waals surface area contributed by atoms with Gasteiger partial charge in [-0.15, -0.1) is 0 Å². The lowest BCUT2D eigenvalue weighted by Crippen LogP contribution is -2.10. The predicted molar refractivity (Wildman–Crippen MR) is 91.5 cm³/mol. The second kappa shape index (κ2) is 6.91. The molecule has 0 amide bonds. The number of unbranched alkanes of at least 4 members (excludes halogenated alkanes) is 1. The first-order chi connectivity index (χ1) is 10.8. The highest BCUT2D eigenvalue weighted by molar-refractivity contribution is 5.76. The molecule has 22 heavy (non-hydrogen) atoms. The van der Waals surface area contributed by atoms with Crippen LogP contribution in [0, 0.1) is 0 Å². The van der Waals surface area contributed by atoms with Gasteiger partial charge in [-0.3, -0.25) is 0 Å². The van der Waals surface area contributed by atoms with Gasteiger partial charge in [0.05, 0.1) is 0 Å². The summed E-state index contributed by atoms with van der Waals surface area (Å²) in [4.78, 5) is 0. The van der Waals surface area contributed by atoms with Crippen LogP contribution >= 0.6 is 0 Å². The molecule has 1 aliphatic rings. The average Bonchev–Trinajstić information content (AvgIpc) is 2.58. The van der Waals surface area contributed by atoms with Crippen molar-refractivity contribution in [3.8, 4) is 0 Å². The maximum absolute atomic E-state index is 14.8. The molecule has 1 heteroatoms. The van der Waals surface area contributed by atoms with Crippen LogP contribution in [0.4, 0.5) is 4.39 Å². The van der Waals surface area contributed by atoms with Crippen LogP contribution in [-0.4, -0.2) is 0 Å². The van der Waals surface area contributed by atoms with Crippen LogP contribution in [0.3, 0.4) is 0 Å². The van der Waals surface area contributed by atoms with Crippen LogP contribution in [0.2, 0.25) is 0 Å². The molecular formula is C21H23F. The molecule has 0 bridgehead atoms. The summed E-state index contributed by atoms with van der Waals surface area (Å²) >= 11 is 0. The number of benzene rings is 2. The Morgan fingerprint density at radius 3 is 2.45 bits per heavy atom. The molecule has 2 aromatic carbocycles. The minimum absolute atomic E-state index is 0.0867. The number of allylic oxidation sites excluding steroid dienone is 2. The van der Waals surface area contributed by atoms with Crippen LogP contribution in [0.15, 0.2) is 60.4 Å². The Bertz CT molecular complexity index is 655. The zero-order chi connectivity index (χ0) is 15.4. The Labute approximate surface area is 132 Å². The molecule has 1 atom stereocenters. The number of hydrogen-bond donors (Lipinski definition) is 0. The van der Waals surface area contributed by atoms with Gasteiger partial charge in [0.25, 0.3) is 0 Å². The number of rotatable bonds is 5. The lowest BCUT2D eigenvalue weighted by molar-refractivity contribution is 0.567. The predicted octanol–water partition coefficient (Wildman–Crippen LogP) is 6.29. The summed E-state index contributed by atoms with van der Waals surface area (Å²) in [6.45, 7) is 2.20. The highest BCUT2D eigenvalue weighted by atomic mass is 19.1. The summed E-state index contributed by atoms with van der Waals surface area (Å²) in [5.74, 6) is 0.256. The van der Waals surface area contributed by atoms with Gasteiger partial charge >= 0.3 is 0 Å². The van der Waals surface area contributed by atoms with Gasteiger partial charge in [-0.25, -0.2) is 4.39 Å². The first-order valence-electron chi connectivity index (χ1n) is 8.33. The summed E-state index contributed by atoms with van der Waals surface area (Å²) < 4.78 is 14.8. The topological polar surface area (TPSA) is 0 Å². The molecule has 0 aromatic heterocycles. The molecule has 0 aliphatic heterocycles. The van der Waals surface area contributed by atoms with Gasteiger partial charge in [-0.05, 0) is 35.1 Å². The summed E-state index contributed by atoms with van der Waals surface area (Å²) in [5, 5.41) is 0. The number of hydrogen-bond acceptors (Lipinski definition) is 0. The van der Waals surface area contributed by atoms with Crippen molar-refractivity contribution < 1.29 is 4.39 Å². The molecule has 0 fully saturated rings. The SMILES string of the molecule is CCCC[C@@H](C1=C(F)CCc2ccccc21)c1ccccc1. The third-order valence-electron chi connectivity index (χ3n) is 4.61. The van der Waals surface area contributed by atoms with Crippen LogP contribution in [0.5, 0.6) is 0 Å². The van der Waals surface area contributed by atoms with E-state index in [1.807, 2.05) is 12.1 Å². The Balaban J connectivity index is 2.06. The molecule has 0 heterocycles. The second-order valence-corrected chi connectivity index (χ2v) is 6.08. The third kappa shape index (κ3) is 2.99. The molecule has 0 radical (unpaired) electrons. The third-order valence-corrected chi connectivity index (χ3v) is 4.61. The van der Waals surface area contributed by atoms with Gasteiger partial charge in [0.15, 0.2) is 0 Å². The summed E-state index contributed by atoms with van der Waals surface area (Å²) in [5.41, 5.74) is 4.58. The largest absolute Gasteiger partial charge is 0.211 e. The first-order valence-corrected chi connectivity index (χ1v) is 8.33. The molecule has 0 N–H and O–H groups in total. The first kappa shape index (κ1) is 15.0. The standard InChI is InChI=1S/C21H23F/c1-2-3-12-18(16-9-5-4-6-10-16)21-19-13-8-7-11-17(19)14-15-20(21)22/h4-11,13,18H,2-3,12,14-15H2,1H3/t18-/m1/s1. The molecule has 3 rings (SSSR count). The molecule has 1 aliphatic carbocycles. The fraction of sp³-hybridized carbons (Fsp3) is 0.333. The maximum atomic E-state index is 14.8. The van der Waals surface area contributed by atoms with E-state index in [0.717, 1.165) is 36.8 Å². The van der Waals surface area contributed by atoms with Gasteiger partial charge in [0.2, 0.25) is 0 Å². The Kier molecular flexibility index (Phi) is 4.72. The zero-order valence-electron chi connectivity index (χ0n) is 13.2. The van der Waals surface area contributed by atoms with Crippen molar-refractivity contribution in [2.75, 3.05) is 0 Å². The lowest BCUT2D eigenvalue weighted by Gasteiger charge is -2.27. The van der Waals surface area contributed by atoms with E-state index < -0.39 is 0 Å². The van der Waals surface area contributed by atoms with E-state index in [1.54, 1.807) is 0 Å². The van der Waals surface area contributed by atoms with Crippen molar-refractivity contribution in [3.05, 3.63) is 77.1 Å². The molecule has 0 spiro atoms. The van der Waals surface area contributed by atoms with Crippen molar-refractivity contribution >= 4 is 5.57 Å². The van der Waals surface area contributed by atoms with E-state index in [9.17, 15) is 4.39 Å². The maximum Gasteiger partial charge on any atom is 0.105 e. The van der Waals surface area contributed by atoms with Crippen molar-refractivity contribution in [2.24, 2.45) is 0 Å². The monoisotopic (exact) mass is 294 g/mol. The highest BCUT2D eigenvalue weighted by Gasteiger charge is 2.26. The lowest BCUT2D eigenvalue weighted by atomic mass is 9.78.